The highest BCUT2D eigenvalue weighted by molar-refractivity contribution is 7.99. The maximum atomic E-state index is 12.9. The van der Waals surface area contributed by atoms with E-state index in [4.69, 9.17) is 16.3 Å². The lowest BCUT2D eigenvalue weighted by Gasteiger charge is -2.22. The van der Waals surface area contributed by atoms with Crippen molar-refractivity contribution >= 4 is 40.9 Å². The number of ether oxygens (including phenoxy) is 1. The Hall–Kier alpha value is -3.30. The SMILES string of the molecule is C=CCn1c(SCC(=O)Nc2ccccc2Cl)nnc1[C@@H](NC(=O)c1ccc(OC)cc1)C(C)C. The first kappa shape index (κ1) is 26.3. The molecule has 35 heavy (non-hydrogen) atoms. The van der Waals surface area contributed by atoms with Crippen molar-refractivity contribution in [2.75, 3.05) is 18.2 Å². The average Bonchev–Trinajstić information content (AvgIpc) is 3.24. The largest absolute Gasteiger partial charge is 0.497 e. The molecule has 0 unspecified atom stereocenters. The van der Waals surface area contributed by atoms with Gasteiger partial charge < -0.3 is 19.9 Å². The minimum atomic E-state index is -0.400. The summed E-state index contributed by atoms with van der Waals surface area (Å²) in [4.78, 5) is 25.4. The van der Waals surface area contributed by atoms with Crippen molar-refractivity contribution in [2.24, 2.45) is 5.92 Å². The van der Waals surface area contributed by atoms with Crippen LogP contribution in [0.1, 0.15) is 36.1 Å². The molecule has 10 heteroatoms. The fraction of sp³-hybridized carbons (Fsp3) is 0.280. The molecule has 3 aromatic rings. The van der Waals surface area contributed by atoms with E-state index < -0.39 is 6.04 Å². The van der Waals surface area contributed by atoms with E-state index in [9.17, 15) is 9.59 Å². The Balaban J connectivity index is 1.75. The fourth-order valence-electron chi connectivity index (χ4n) is 3.31. The molecule has 2 amide bonds. The molecule has 0 aliphatic carbocycles. The van der Waals surface area contributed by atoms with Gasteiger partial charge in [-0.25, -0.2) is 0 Å². The second kappa shape index (κ2) is 12.4. The molecule has 1 heterocycles. The van der Waals surface area contributed by atoms with Gasteiger partial charge in [0.25, 0.3) is 5.91 Å². The van der Waals surface area contributed by atoms with Gasteiger partial charge >= 0.3 is 0 Å². The van der Waals surface area contributed by atoms with E-state index in [1.54, 1.807) is 61.7 Å². The van der Waals surface area contributed by atoms with Crippen LogP contribution in [-0.4, -0.2) is 39.4 Å². The smallest absolute Gasteiger partial charge is 0.251 e. The lowest BCUT2D eigenvalue weighted by atomic mass is 10.0. The Bertz CT molecular complexity index is 1180. The molecule has 0 aliphatic rings. The van der Waals surface area contributed by atoms with Crippen molar-refractivity contribution in [1.82, 2.24) is 20.1 Å². The summed E-state index contributed by atoms with van der Waals surface area (Å²) in [5, 5.41) is 15.5. The molecule has 0 fully saturated rings. The third kappa shape index (κ3) is 6.86. The number of methoxy groups -OCH3 is 1. The Morgan fingerprint density at radius 1 is 1.17 bits per heavy atom. The molecule has 0 aliphatic heterocycles. The first-order valence-electron chi connectivity index (χ1n) is 11.0. The normalized spacial score (nSPS) is 11.7. The van der Waals surface area contributed by atoms with Gasteiger partial charge in [-0.1, -0.05) is 55.4 Å². The molecular weight excluding hydrogens is 486 g/mol. The zero-order valence-electron chi connectivity index (χ0n) is 19.8. The number of benzene rings is 2. The van der Waals surface area contributed by atoms with Gasteiger partial charge in [-0.3, -0.25) is 9.59 Å². The number of hydrogen-bond donors (Lipinski definition) is 2. The van der Waals surface area contributed by atoms with Crippen LogP contribution in [0.2, 0.25) is 5.02 Å². The van der Waals surface area contributed by atoms with E-state index in [0.717, 1.165) is 0 Å². The van der Waals surface area contributed by atoms with Gasteiger partial charge in [-0.2, -0.15) is 0 Å². The van der Waals surface area contributed by atoms with Crippen LogP contribution in [0.15, 0.2) is 66.3 Å². The second-order valence-corrected chi connectivity index (χ2v) is 9.33. The van der Waals surface area contributed by atoms with Crippen LogP contribution in [0.5, 0.6) is 5.75 Å². The number of allylic oxidation sites excluding steroid dienone is 1. The predicted molar refractivity (Wildman–Crippen MR) is 139 cm³/mol. The molecule has 0 spiro atoms. The molecule has 0 saturated heterocycles. The number of carbonyl (C=O) groups is 2. The summed E-state index contributed by atoms with van der Waals surface area (Å²) in [5.41, 5.74) is 1.06. The molecule has 1 atom stereocenters. The van der Waals surface area contributed by atoms with Crippen molar-refractivity contribution in [3.8, 4) is 5.75 Å². The van der Waals surface area contributed by atoms with Crippen LogP contribution in [-0.2, 0) is 11.3 Å². The summed E-state index contributed by atoms with van der Waals surface area (Å²) >= 11 is 7.37. The number of anilines is 1. The summed E-state index contributed by atoms with van der Waals surface area (Å²) in [6.45, 7) is 8.25. The topological polar surface area (TPSA) is 98.1 Å². The van der Waals surface area contributed by atoms with E-state index in [-0.39, 0.29) is 23.5 Å². The number of amides is 2. The number of halogens is 1. The van der Waals surface area contributed by atoms with Gasteiger partial charge in [0.2, 0.25) is 5.91 Å². The molecule has 184 valence electrons. The second-order valence-electron chi connectivity index (χ2n) is 7.98. The molecular formula is C25H28ClN5O3S. The molecule has 8 nitrogen and oxygen atoms in total. The maximum absolute atomic E-state index is 12.9. The number of hydrogen-bond acceptors (Lipinski definition) is 6. The Morgan fingerprint density at radius 3 is 2.51 bits per heavy atom. The zero-order valence-corrected chi connectivity index (χ0v) is 21.4. The number of nitrogens with one attached hydrogen (secondary N) is 2. The first-order chi connectivity index (χ1) is 16.8. The number of para-hydroxylation sites is 1. The molecule has 1 aromatic heterocycles. The minimum absolute atomic E-state index is 0.0336. The summed E-state index contributed by atoms with van der Waals surface area (Å²) in [6, 6.07) is 13.5. The van der Waals surface area contributed by atoms with E-state index in [0.29, 0.717) is 39.5 Å². The summed E-state index contributed by atoms with van der Waals surface area (Å²) in [5.74, 6) is 0.972. The molecule has 0 radical (unpaired) electrons. The predicted octanol–water partition coefficient (Wildman–Crippen LogP) is 4.98. The van der Waals surface area contributed by atoms with Crippen molar-refractivity contribution in [3.05, 3.63) is 77.6 Å². The van der Waals surface area contributed by atoms with Crippen LogP contribution >= 0.6 is 23.4 Å². The molecule has 0 bridgehead atoms. The van der Waals surface area contributed by atoms with Gasteiger partial charge in [-0.05, 0) is 42.3 Å². The van der Waals surface area contributed by atoms with Crippen molar-refractivity contribution in [3.63, 3.8) is 0 Å². The third-order valence-corrected chi connectivity index (χ3v) is 6.42. The van der Waals surface area contributed by atoms with Crippen LogP contribution in [0.25, 0.3) is 0 Å². The number of carbonyl (C=O) groups excluding carboxylic acids is 2. The lowest BCUT2D eigenvalue weighted by Crippen LogP contribution is -2.33. The number of nitrogens with zero attached hydrogens (tertiary/aromatic N) is 3. The fourth-order valence-corrected chi connectivity index (χ4v) is 4.25. The Labute approximate surface area is 214 Å². The van der Waals surface area contributed by atoms with Gasteiger partial charge in [0, 0.05) is 12.1 Å². The quantitative estimate of drug-likeness (QED) is 0.277. The monoisotopic (exact) mass is 513 g/mol. The van der Waals surface area contributed by atoms with Gasteiger partial charge in [-0.15, -0.1) is 16.8 Å². The highest BCUT2D eigenvalue weighted by atomic mass is 35.5. The Kier molecular flexibility index (Phi) is 9.33. The van der Waals surface area contributed by atoms with E-state index in [2.05, 4.69) is 27.4 Å². The Morgan fingerprint density at radius 2 is 1.89 bits per heavy atom. The summed E-state index contributed by atoms with van der Waals surface area (Å²) in [7, 11) is 1.58. The standard InChI is InChI=1S/C25H28ClN5O3S/c1-5-14-31-23(22(16(2)3)28-24(33)17-10-12-18(34-4)13-11-17)29-30-25(31)35-15-21(32)27-20-9-7-6-8-19(20)26/h5-13,16,22H,1,14-15H2,2-4H3,(H,27,32)(H,28,33)/t22-/m0/s1. The van der Waals surface area contributed by atoms with Gasteiger partial charge in [0.1, 0.15) is 5.75 Å². The van der Waals surface area contributed by atoms with Crippen LogP contribution in [0, 0.1) is 5.92 Å². The zero-order chi connectivity index (χ0) is 25.4. The van der Waals surface area contributed by atoms with Crippen LogP contribution in [0.3, 0.4) is 0 Å². The van der Waals surface area contributed by atoms with Crippen molar-refractivity contribution < 1.29 is 14.3 Å². The number of thioether (sulfide) groups is 1. The molecule has 0 saturated carbocycles. The van der Waals surface area contributed by atoms with E-state index in [1.807, 2.05) is 18.4 Å². The van der Waals surface area contributed by atoms with Crippen LogP contribution < -0.4 is 15.4 Å². The number of rotatable bonds is 11. The van der Waals surface area contributed by atoms with Gasteiger partial charge in [0.05, 0.1) is 29.6 Å². The first-order valence-corrected chi connectivity index (χ1v) is 12.4. The van der Waals surface area contributed by atoms with E-state index >= 15 is 0 Å². The highest BCUT2D eigenvalue weighted by Gasteiger charge is 2.26. The molecule has 2 aromatic carbocycles. The molecule has 2 N–H and O–H groups in total. The number of aromatic nitrogens is 3. The van der Waals surface area contributed by atoms with Gasteiger partial charge in [0.15, 0.2) is 11.0 Å². The maximum Gasteiger partial charge on any atom is 0.251 e. The average molecular weight is 514 g/mol. The highest BCUT2D eigenvalue weighted by Crippen LogP contribution is 2.27. The third-order valence-electron chi connectivity index (χ3n) is 5.12. The van der Waals surface area contributed by atoms with Crippen molar-refractivity contribution in [1.29, 1.82) is 0 Å². The van der Waals surface area contributed by atoms with Crippen LogP contribution in [0.4, 0.5) is 5.69 Å². The molecule has 3 rings (SSSR count). The van der Waals surface area contributed by atoms with E-state index in [1.165, 1.54) is 11.8 Å². The lowest BCUT2D eigenvalue weighted by molar-refractivity contribution is -0.113. The summed E-state index contributed by atoms with van der Waals surface area (Å²) in [6.07, 6.45) is 1.73. The minimum Gasteiger partial charge on any atom is -0.497 e. The summed E-state index contributed by atoms with van der Waals surface area (Å²) < 4.78 is 7.02. The van der Waals surface area contributed by atoms with Crippen molar-refractivity contribution in [2.45, 2.75) is 31.6 Å².